The maximum Gasteiger partial charge on any atom is 0.315 e. The van der Waals surface area contributed by atoms with E-state index in [2.05, 4.69) is 0 Å². The molecule has 1 fully saturated rings. The molecule has 0 bridgehead atoms. The number of ether oxygens (including phenoxy) is 2. The van der Waals surface area contributed by atoms with Gasteiger partial charge in [-0.3, -0.25) is 4.79 Å². The van der Waals surface area contributed by atoms with E-state index in [1.807, 2.05) is 0 Å². The van der Waals surface area contributed by atoms with Crippen LogP contribution < -0.4 is 0 Å². The predicted octanol–water partition coefficient (Wildman–Crippen LogP) is 1.63. The first kappa shape index (κ1) is 13.0. The Morgan fingerprint density at radius 2 is 1.94 bits per heavy atom. The second-order valence-corrected chi connectivity index (χ2v) is 4.23. The molecule has 92 valence electrons. The first-order chi connectivity index (χ1) is 7.64. The van der Waals surface area contributed by atoms with Gasteiger partial charge in [0.1, 0.15) is 5.92 Å². The lowest BCUT2D eigenvalue weighted by Gasteiger charge is -2.36. The molecule has 0 radical (unpaired) electrons. The van der Waals surface area contributed by atoms with Crippen LogP contribution >= 0.6 is 0 Å². The molecule has 0 aromatic carbocycles. The van der Waals surface area contributed by atoms with Crippen LogP contribution in [0.2, 0.25) is 0 Å². The fourth-order valence-electron chi connectivity index (χ4n) is 2.24. The van der Waals surface area contributed by atoms with Gasteiger partial charge < -0.3 is 14.6 Å². The summed E-state index contributed by atoms with van der Waals surface area (Å²) >= 11 is 0. The third-order valence-corrected chi connectivity index (χ3v) is 3.16. The van der Waals surface area contributed by atoms with Gasteiger partial charge in [0.2, 0.25) is 0 Å². The van der Waals surface area contributed by atoms with Gasteiger partial charge in [0, 0.05) is 0 Å². The van der Waals surface area contributed by atoms with E-state index >= 15 is 0 Å². The van der Waals surface area contributed by atoms with E-state index in [0.29, 0.717) is 12.8 Å². The average molecular weight is 228 g/mol. The van der Waals surface area contributed by atoms with Crippen molar-refractivity contribution in [2.24, 2.45) is 5.92 Å². The van der Waals surface area contributed by atoms with Crippen molar-refractivity contribution in [1.82, 2.24) is 0 Å². The second-order valence-electron chi connectivity index (χ2n) is 4.23. The van der Waals surface area contributed by atoms with Crippen LogP contribution in [0.3, 0.4) is 0 Å². The Kier molecular flexibility index (Phi) is 4.80. The zero-order valence-corrected chi connectivity index (χ0v) is 9.94. The molecule has 4 nitrogen and oxygen atoms in total. The Morgan fingerprint density at radius 3 is 2.44 bits per heavy atom. The predicted molar refractivity (Wildman–Crippen MR) is 59.7 cm³/mol. The Balaban J connectivity index is 2.81. The molecule has 16 heavy (non-hydrogen) atoms. The lowest BCUT2D eigenvalue weighted by molar-refractivity contribution is -0.154. The molecule has 1 saturated carbocycles. The Hall–Kier alpha value is -1.03. The van der Waals surface area contributed by atoms with Crippen LogP contribution in [0.15, 0.2) is 12.3 Å². The normalized spacial score (nSPS) is 21.7. The molecule has 0 spiro atoms. The summed E-state index contributed by atoms with van der Waals surface area (Å²) in [5, 5.41) is 10.5. The molecule has 0 aromatic rings. The molecule has 0 heterocycles. The van der Waals surface area contributed by atoms with Crippen molar-refractivity contribution in [3.63, 3.8) is 0 Å². The van der Waals surface area contributed by atoms with E-state index in [9.17, 15) is 9.90 Å². The lowest BCUT2D eigenvalue weighted by atomic mass is 9.75. The minimum Gasteiger partial charge on any atom is -0.505 e. The maximum absolute atomic E-state index is 11.6. The lowest BCUT2D eigenvalue weighted by Crippen LogP contribution is -2.43. The quantitative estimate of drug-likeness (QED) is 0.587. The SMILES string of the molecule is CO/C=C\C(C(=O)OC)C1(O)CCCCC1. The van der Waals surface area contributed by atoms with Gasteiger partial charge in [0.25, 0.3) is 0 Å². The number of esters is 1. The first-order valence-electron chi connectivity index (χ1n) is 5.64. The van der Waals surface area contributed by atoms with Gasteiger partial charge in [-0.25, -0.2) is 0 Å². The van der Waals surface area contributed by atoms with Gasteiger partial charge in [-0.15, -0.1) is 0 Å². The minimum atomic E-state index is -0.972. The van der Waals surface area contributed by atoms with Crippen molar-refractivity contribution < 1.29 is 19.4 Å². The highest BCUT2D eigenvalue weighted by atomic mass is 16.5. The molecule has 1 N–H and O–H groups in total. The van der Waals surface area contributed by atoms with E-state index in [1.165, 1.54) is 20.5 Å². The molecule has 0 aliphatic heterocycles. The van der Waals surface area contributed by atoms with Gasteiger partial charge in [0.05, 0.1) is 26.1 Å². The summed E-state index contributed by atoms with van der Waals surface area (Å²) in [7, 11) is 2.85. The van der Waals surface area contributed by atoms with Gasteiger partial charge in [0.15, 0.2) is 0 Å². The highest BCUT2D eigenvalue weighted by Crippen LogP contribution is 2.35. The molecular formula is C12H20O4. The van der Waals surface area contributed by atoms with Crippen LogP contribution in [-0.2, 0) is 14.3 Å². The molecular weight excluding hydrogens is 208 g/mol. The van der Waals surface area contributed by atoms with Gasteiger partial charge in [-0.05, 0) is 18.9 Å². The average Bonchev–Trinajstić information content (AvgIpc) is 2.30. The summed E-state index contributed by atoms with van der Waals surface area (Å²) in [5.74, 6) is -1.03. The van der Waals surface area contributed by atoms with Gasteiger partial charge in [-0.1, -0.05) is 19.3 Å². The van der Waals surface area contributed by atoms with E-state index < -0.39 is 17.5 Å². The molecule has 0 saturated heterocycles. The van der Waals surface area contributed by atoms with Crippen LogP contribution in [-0.4, -0.2) is 30.9 Å². The van der Waals surface area contributed by atoms with Crippen LogP contribution in [0, 0.1) is 5.92 Å². The number of rotatable bonds is 4. The third kappa shape index (κ3) is 2.98. The van der Waals surface area contributed by atoms with Crippen LogP contribution in [0.4, 0.5) is 0 Å². The number of carbonyl (C=O) groups is 1. The smallest absolute Gasteiger partial charge is 0.315 e. The fourth-order valence-corrected chi connectivity index (χ4v) is 2.24. The molecule has 1 unspecified atom stereocenters. The molecule has 1 aliphatic rings. The molecule has 0 aromatic heterocycles. The Labute approximate surface area is 96.2 Å². The van der Waals surface area contributed by atoms with Crippen molar-refractivity contribution in [1.29, 1.82) is 0 Å². The second kappa shape index (κ2) is 5.89. The minimum absolute atomic E-state index is 0.405. The van der Waals surface area contributed by atoms with Crippen LogP contribution in [0.25, 0.3) is 0 Å². The largest absolute Gasteiger partial charge is 0.505 e. The maximum atomic E-state index is 11.6. The summed E-state index contributed by atoms with van der Waals surface area (Å²) in [4.78, 5) is 11.6. The van der Waals surface area contributed by atoms with Crippen molar-refractivity contribution in [2.45, 2.75) is 37.7 Å². The highest BCUT2D eigenvalue weighted by Gasteiger charge is 2.41. The molecule has 1 rings (SSSR count). The summed E-state index contributed by atoms with van der Waals surface area (Å²) in [6, 6.07) is 0. The van der Waals surface area contributed by atoms with E-state index in [0.717, 1.165) is 19.3 Å². The summed E-state index contributed by atoms with van der Waals surface area (Å²) in [6.07, 6.45) is 7.30. The monoisotopic (exact) mass is 228 g/mol. The summed E-state index contributed by atoms with van der Waals surface area (Å²) < 4.78 is 9.53. The van der Waals surface area contributed by atoms with Crippen LogP contribution in [0.5, 0.6) is 0 Å². The number of carbonyl (C=O) groups excluding carboxylic acids is 1. The summed E-state index contributed by atoms with van der Waals surface area (Å²) in [6.45, 7) is 0. The number of aliphatic hydroxyl groups is 1. The zero-order valence-electron chi connectivity index (χ0n) is 9.94. The van der Waals surface area contributed by atoms with Crippen molar-refractivity contribution in [2.75, 3.05) is 14.2 Å². The number of hydrogen-bond acceptors (Lipinski definition) is 4. The topological polar surface area (TPSA) is 55.8 Å². The number of hydrogen-bond donors (Lipinski definition) is 1. The zero-order chi connectivity index (χ0) is 12.0. The Morgan fingerprint density at radius 1 is 1.31 bits per heavy atom. The van der Waals surface area contributed by atoms with E-state index in [4.69, 9.17) is 9.47 Å². The van der Waals surface area contributed by atoms with Gasteiger partial charge >= 0.3 is 5.97 Å². The Bertz CT molecular complexity index is 254. The van der Waals surface area contributed by atoms with Crippen molar-refractivity contribution in [3.8, 4) is 0 Å². The van der Waals surface area contributed by atoms with E-state index in [-0.39, 0.29) is 0 Å². The molecule has 0 amide bonds. The molecule has 1 aliphatic carbocycles. The van der Waals surface area contributed by atoms with Gasteiger partial charge in [-0.2, -0.15) is 0 Å². The summed E-state index contributed by atoms with van der Waals surface area (Å²) in [5.41, 5.74) is -0.972. The molecule has 1 atom stereocenters. The fraction of sp³-hybridized carbons (Fsp3) is 0.750. The van der Waals surface area contributed by atoms with Crippen molar-refractivity contribution >= 4 is 5.97 Å². The van der Waals surface area contributed by atoms with Crippen molar-refractivity contribution in [3.05, 3.63) is 12.3 Å². The molecule has 4 heteroatoms. The standard InChI is InChI=1S/C12H20O4/c1-15-9-6-10(11(13)16-2)12(14)7-4-3-5-8-12/h6,9-10,14H,3-5,7-8H2,1-2H3/b9-6-. The van der Waals surface area contributed by atoms with E-state index in [1.54, 1.807) is 6.08 Å². The first-order valence-corrected chi connectivity index (χ1v) is 5.64. The number of methoxy groups -OCH3 is 2. The highest BCUT2D eigenvalue weighted by molar-refractivity contribution is 5.75. The van der Waals surface area contributed by atoms with Crippen LogP contribution in [0.1, 0.15) is 32.1 Å². The third-order valence-electron chi connectivity index (χ3n) is 3.16.